The second kappa shape index (κ2) is 5.66. The Labute approximate surface area is 109 Å². The van der Waals surface area contributed by atoms with Crippen molar-refractivity contribution in [1.29, 1.82) is 0 Å². The van der Waals surface area contributed by atoms with Gasteiger partial charge in [-0.05, 0) is 56.2 Å². The van der Waals surface area contributed by atoms with Crippen molar-refractivity contribution >= 4 is 5.78 Å². The maximum Gasteiger partial charge on any atom is 0.166 e. The van der Waals surface area contributed by atoms with E-state index in [9.17, 15) is 4.79 Å². The average molecular weight is 246 g/mol. The summed E-state index contributed by atoms with van der Waals surface area (Å²) in [7, 11) is 0. The molecular formula is C16H22O2. The molecule has 0 bridgehead atoms. The molecule has 0 spiro atoms. The Morgan fingerprint density at radius 3 is 2.44 bits per heavy atom. The second-order valence-electron chi connectivity index (χ2n) is 5.23. The van der Waals surface area contributed by atoms with E-state index in [1.807, 2.05) is 13.0 Å². The van der Waals surface area contributed by atoms with Crippen LogP contribution in [0.2, 0.25) is 0 Å². The number of hydrogen-bond acceptors (Lipinski definition) is 2. The van der Waals surface area contributed by atoms with E-state index >= 15 is 0 Å². The average Bonchev–Trinajstić information content (AvgIpc) is 3.15. The molecule has 0 aliphatic heterocycles. The Balaban J connectivity index is 2.10. The predicted molar refractivity (Wildman–Crippen MR) is 72.8 cm³/mol. The minimum absolute atomic E-state index is 0.172. The molecule has 1 aliphatic rings. The highest BCUT2D eigenvalue weighted by molar-refractivity contribution is 5.86. The largest absolute Gasteiger partial charge is 0.370 e. The third-order valence-electron chi connectivity index (χ3n) is 3.71. The van der Waals surface area contributed by atoms with Crippen molar-refractivity contribution in [2.75, 3.05) is 6.61 Å². The minimum Gasteiger partial charge on any atom is -0.370 e. The van der Waals surface area contributed by atoms with Gasteiger partial charge in [0.15, 0.2) is 5.78 Å². The van der Waals surface area contributed by atoms with Crippen molar-refractivity contribution in [3.8, 4) is 0 Å². The number of aryl methyl sites for hydroxylation is 2. The summed E-state index contributed by atoms with van der Waals surface area (Å²) in [5.41, 5.74) is 3.58. The minimum atomic E-state index is -0.172. The van der Waals surface area contributed by atoms with Crippen LogP contribution in [0.25, 0.3) is 0 Å². The number of carbonyl (C=O) groups excluding carboxylic acids is 1. The van der Waals surface area contributed by atoms with Crippen LogP contribution in [0.1, 0.15) is 36.5 Å². The molecule has 0 radical (unpaired) electrons. The lowest BCUT2D eigenvalue weighted by Crippen LogP contribution is -2.28. The third kappa shape index (κ3) is 2.99. The van der Waals surface area contributed by atoms with Crippen molar-refractivity contribution in [3.63, 3.8) is 0 Å². The van der Waals surface area contributed by atoms with E-state index in [-0.39, 0.29) is 11.9 Å². The molecule has 1 fully saturated rings. The first-order valence-corrected chi connectivity index (χ1v) is 6.83. The molecule has 1 saturated carbocycles. The summed E-state index contributed by atoms with van der Waals surface area (Å²) in [6.07, 6.45) is 2.63. The molecule has 2 rings (SSSR count). The van der Waals surface area contributed by atoms with Crippen LogP contribution in [0.4, 0.5) is 0 Å². The number of hydrogen-bond donors (Lipinski definition) is 0. The first-order chi connectivity index (χ1) is 8.63. The van der Waals surface area contributed by atoms with Crippen LogP contribution in [0, 0.1) is 19.8 Å². The summed E-state index contributed by atoms with van der Waals surface area (Å²) < 4.78 is 5.63. The zero-order chi connectivity index (χ0) is 13.1. The van der Waals surface area contributed by atoms with E-state index in [2.05, 4.69) is 26.0 Å². The topological polar surface area (TPSA) is 26.3 Å². The molecule has 0 amide bonds. The maximum atomic E-state index is 12.4. The molecule has 0 N–H and O–H groups in total. The number of ketones is 1. The fraction of sp³-hybridized carbons (Fsp3) is 0.562. The molecule has 98 valence electrons. The summed E-state index contributed by atoms with van der Waals surface area (Å²) >= 11 is 0. The highest BCUT2D eigenvalue weighted by atomic mass is 16.5. The van der Waals surface area contributed by atoms with Gasteiger partial charge in [-0.3, -0.25) is 4.79 Å². The zero-order valence-electron chi connectivity index (χ0n) is 11.5. The van der Waals surface area contributed by atoms with Gasteiger partial charge in [0.05, 0.1) is 0 Å². The van der Waals surface area contributed by atoms with Gasteiger partial charge in [0.2, 0.25) is 0 Å². The van der Waals surface area contributed by atoms with E-state index in [1.165, 1.54) is 16.7 Å². The van der Waals surface area contributed by atoms with Crippen LogP contribution < -0.4 is 0 Å². The standard InChI is InChI=1S/C16H22O2/c1-4-18-16(13-8-9-13)15(17)10-14-11(2)6-5-7-12(14)3/h5-7,13,16H,4,8-10H2,1-3H3. The fourth-order valence-corrected chi connectivity index (χ4v) is 2.47. The summed E-state index contributed by atoms with van der Waals surface area (Å²) in [5.74, 6) is 0.721. The SMILES string of the molecule is CCOC(C(=O)Cc1c(C)cccc1C)C1CC1. The normalized spacial score (nSPS) is 16.6. The molecule has 1 atom stereocenters. The first-order valence-electron chi connectivity index (χ1n) is 6.83. The lowest BCUT2D eigenvalue weighted by atomic mass is 9.95. The van der Waals surface area contributed by atoms with E-state index in [1.54, 1.807) is 0 Å². The molecule has 1 aromatic carbocycles. The van der Waals surface area contributed by atoms with Crippen LogP contribution in [0.3, 0.4) is 0 Å². The van der Waals surface area contributed by atoms with Crippen LogP contribution in [-0.2, 0) is 16.0 Å². The van der Waals surface area contributed by atoms with Gasteiger partial charge in [0.1, 0.15) is 6.10 Å². The molecule has 1 unspecified atom stereocenters. The summed E-state index contributed by atoms with van der Waals surface area (Å²) in [4.78, 5) is 12.4. The van der Waals surface area contributed by atoms with Crippen LogP contribution in [0.5, 0.6) is 0 Å². The first kappa shape index (κ1) is 13.3. The van der Waals surface area contributed by atoms with E-state index in [0.717, 1.165) is 12.8 Å². The number of rotatable bonds is 6. The van der Waals surface area contributed by atoms with Gasteiger partial charge in [-0.25, -0.2) is 0 Å². The van der Waals surface area contributed by atoms with Crippen molar-refractivity contribution in [3.05, 3.63) is 34.9 Å². The predicted octanol–water partition coefficient (Wildman–Crippen LogP) is 3.23. The van der Waals surface area contributed by atoms with Crippen molar-refractivity contribution in [1.82, 2.24) is 0 Å². The second-order valence-corrected chi connectivity index (χ2v) is 5.23. The van der Waals surface area contributed by atoms with Crippen LogP contribution >= 0.6 is 0 Å². The van der Waals surface area contributed by atoms with Crippen LogP contribution in [0.15, 0.2) is 18.2 Å². The van der Waals surface area contributed by atoms with E-state index in [4.69, 9.17) is 4.74 Å². The molecule has 2 nitrogen and oxygen atoms in total. The molecular weight excluding hydrogens is 224 g/mol. The van der Waals surface area contributed by atoms with Gasteiger partial charge < -0.3 is 4.74 Å². The van der Waals surface area contributed by atoms with Gasteiger partial charge >= 0.3 is 0 Å². The zero-order valence-corrected chi connectivity index (χ0v) is 11.5. The fourth-order valence-electron chi connectivity index (χ4n) is 2.47. The van der Waals surface area contributed by atoms with Gasteiger partial charge in [0, 0.05) is 13.0 Å². The molecule has 2 heteroatoms. The molecule has 0 heterocycles. The molecule has 1 aromatic rings. The number of Topliss-reactive ketones (excluding diaryl/α,β-unsaturated/α-hetero) is 1. The maximum absolute atomic E-state index is 12.4. The van der Waals surface area contributed by atoms with Crippen molar-refractivity contribution in [2.45, 2.75) is 46.1 Å². The number of carbonyl (C=O) groups is 1. The van der Waals surface area contributed by atoms with Crippen LogP contribution in [-0.4, -0.2) is 18.5 Å². The van der Waals surface area contributed by atoms with Gasteiger partial charge in [-0.15, -0.1) is 0 Å². The van der Waals surface area contributed by atoms with Gasteiger partial charge in [-0.2, -0.15) is 0 Å². The van der Waals surface area contributed by atoms with Gasteiger partial charge in [0.25, 0.3) is 0 Å². The monoisotopic (exact) mass is 246 g/mol. The summed E-state index contributed by atoms with van der Waals surface area (Å²) in [6, 6.07) is 6.18. The Bertz CT molecular complexity index is 412. The van der Waals surface area contributed by atoms with Gasteiger partial charge in [-0.1, -0.05) is 18.2 Å². The highest BCUT2D eigenvalue weighted by Crippen LogP contribution is 2.35. The van der Waals surface area contributed by atoms with E-state index in [0.29, 0.717) is 18.9 Å². The lowest BCUT2D eigenvalue weighted by Gasteiger charge is -2.16. The smallest absolute Gasteiger partial charge is 0.166 e. The number of benzene rings is 1. The Morgan fingerprint density at radius 2 is 1.94 bits per heavy atom. The molecule has 0 saturated heterocycles. The highest BCUT2D eigenvalue weighted by Gasteiger charge is 2.36. The quantitative estimate of drug-likeness (QED) is 0.770. The Morgan fingerprint density at radius 1 is 1.33 bits per heavy atom. The lowest BCUT2D eigenvalue weighted by molar-refractivity contribution is -0.130. The Hall–Kier alpha value is -1.15. The molecule has 18 heavy (non-hydrogen) atoms. The summed E-state index contributed by atoms with van der Waals surface area (Å²) in [5, 5.41) is 0. The third-order valence-corrected chi connectivity index (χ3v) is 3.71. The van der Waals surface area contributed by atoms with Crippen molar-refractivity contribution in [2.24, 2.45) is 5.92 Å². The Kier molecular flexibility index (Phi) is 4.18. The van der Waals surface area contributed by atoms with Crippen molar-refractivity contribution < 1.29 is 9.53 Å². The molecule has 0 aromatic heterocycles. The summed E-state index contributed by atoms with van der Waals surface area (Å²) in [6.45, 7) is 6.73. The number of ether oxygens (including phenoxy) is 1. The molecule has 1 aliphatic carbocycles. The van der Waals surface area contributed by atoms with E-state index < -0.39 is 0 Å².